The van der Waals surface area contributed by atoms with E-state index >= 15 is 0 Å². The molecule has 0 aromatic rings. The molecule has 36 valence electrons. The van der Waals surface area contributed by atoms with Gasteiger partial charge in [-0.3, -0.25) is 0 Å². The fraction of sp³-hybridized carbons (Fsp3) is 1.00. The number of hydrogen-bond acceptors (Lipinski definition) is 0. The molecule has 1 aliphatic heterocycles. The Morgan fingerprint density at radius 2 is 2.00 bits per heavy atom. The van der Waals surface area contributed by atoms with Crippen LogP contribution in [0.4, 0.5) is 0 Å². The predicted molar refractivity (Wildman–Crippen MR) is 35.6 cm³/mol. The van der Waals surface area contributed by atoms with E-state index in [0.717, 1.165) is 0 Å². The molecule has 0 N–H and O–H groups in total. The Balaban J connectivity index is 2.11. The molecule has 1 aliphatic rings. The SMILES string of the molecule is C[SiH]1C[SiH](Cl)C1. The molecule has 0 amide bonds. The maximum Gasteiger partial charge on any atom is 0.135 e. The summed E-state index contributed by atoms with van der Waals surface area (Å²) >= 11 is 5.82. The quantitative estimate of drug-likeness (QED) is 0.343. The van der Waals surface area contributed by atoms with E-state index < -0.39 is 8.11 Å². The van der Waals surface area contributed by atoms with E-state index in [1.54, 1.807) is 0 Å². The van der Waals surface area contributed by atoms with Gasteiger partial charge in [0.2, 0.25) is 0 Å². The fourth-order valence-electron chi connectivity index (χ4n) is 0.804. The second kappa shape index (κ2) is 1.68. The molecule has 1 fully saturated rings. The van der Waals surface area contributed by atoms with Crippen LogP contribution in [0.25, 0.3) is 0 Å². The summed E-state index contributed by atoms with van der Waals surface area (Å²) in [4.78, 5) is 0. The van der Waals surface area contributed by atoms with E-state index in [2.05, 4.69) is 6.55 Å². The summed E-state index contributed by atoms with van der Waals surface area (Å²) in [7, 11) is -0.590. The molecule has 0 unspecified atom stereocenters. The standard InChI is InChI=1S/C3H9ClSi2/c1-5-2-6(4)3-5/h5-6H,2-3H2,1H3. The van der Waals surface area contributed by atoms with Crippen LogP contribution in [-0.4, -0.2) is 16.9 Å². The lowest BCUT2D eigenvalue weighted by atomic mass is 11.7. The topological polar surface area (TPSA) is 0 Å². The average Bonchev–Trinajstić information content (AvgIpc) is 1.33. The summed E-state index contributed by atoms with van der Waals surface area (Å²) in [5.74, 6) is 0. The van der Waals surface area contributed by atoms with Gasteiger partial charge in [0.25, 0.3) is 0 Å². The van der Waals surface area contributed by atoms with Gasteiger partial charge in [-0.05, 0) is 0 Å². The van der Waals surface area contributed by atoms with Gasteiger partial charge in [0.15, 0.2) is 0 Å². The van der Waals surface area contributed by atoms with Gasteiger partial charge in [0, 0.05) is 8.80 Å². The maximum absolute atomic E-state index is 5.82. The van der Waals surface area contributed by atoms with Crippen LogP contribution in [0.2, 0.25) is 17.9 Å². The maximum atomic E-state index is 5.82. The van der Waals surface area contributed by atoms with Gasteiger partial charge >= 0.3 is 0 Å². The third kappa shape index (κ3) is 0.861. The van der Waals surface area contributed by atoms with Crippen LogP contribution in [0.15, 0.2) is 0 Å². The first kappa shape index (κ1) is 4.87. The van der Waals surface area contributed by atoms with Crippen LogP contribution in [0, 0.1) is 0 Å². The summed E-state index contributed by atoms with van der Waals surface area (Å²) in [5.41, 5.74) is 3.03. The van der Waals surface area contributed by atoms with Crippen molar-refractivity contribution in [3.8, 4) is 0 Å². The molecule has 1 heterocycles. The van der Waals surface area contributed by atoms with Crippen molar-refractivity contribution in [1.29, 1.82) is 0 Å². The Kier molecular flexibility index (Phi) is 1.36. The third-order valence-electron chi connectivity index (χ3n) is 1.32. The summed E-state index contributed by atoms with van der Waals surface area (Å²) in [6, 6.07) is 0. The summed E-state index contributed by atoms with van der Waals surface area (Å²) < 4.78 is 0. The van der Waals surface area contributed by atoms with E-state index in [9.17, 15) is 0 Å². The molecule has 0 atom stereocenters. The molecule has 0 spiro atoms. The van der Waals surface area contributed by atoms with Crippen molar-refractivity contribution < 1.29 is 0 Å². The summed E-state index contributed by atoms with van der Waals surface area (Å²) in [5, 5.41) is 0. The lowest BCUT2D eigenvalue weighted by Crippen LogP contribution is -2.32. The van der Waals surface area contributed by atoms with Crippen molar-refractivity contribution in [1.82, 2.24) is 0 Å². The van der Waals surface area contributed by atoms with Gasteiger partial charge in [-0.2, -0.15) is 11.1 Å². The molecule has 0 bridgehead atoms. The molecule has 3 heteroatoms. The van der Waals surface area contributed by atoms with Crippen molar-refractivity contribution in [3.05, 3.63) is 0 Å². The van der Waals surface area contributed by atoms with Crippen molar-refractivity contribution >= 4 is 28.0 Å². The van der Waals surface area contributed by atoms with Crippen molar-refractivity contribution in [3.63, 3.8) is 0 Å². The normalized spacial score (nSPS) is 45.0. The van der Waals surface area contributed by atoms with Gasteiger partial charge in [0.1, 0.15) is 8.11 Å². The molecule has 0 aromatic heterocycles. The lowest BCUT2D eigenvalue weighted by molar-refractivity contribution is 1.58. The highest BCUT2D eigenvalue weighted by atomic mass is 35.6. The van der Waals surface area contributed by atoms with Gasteiger partial charge in [-0.25, -0.2) is 0 Å². The molecule has 0 aliphatic carbocycles. The average molecular weight is 137 g/mol. The van der Waals surface area contributed by atoms with Crippen LogP contribution in [0.5, 0.6) is 0 Å². The fourth-order valence-corrected chi connectivity index (χ4v) is 12.7. The highest BCUT2D eigenvalue weighted by Gasteiger charge is 2.25. The van der Waals surface area contributed by atoms with Crippen LogP contribution in [-0.2, 0) is 0 Å². The smallest absolute Gasteiger partial charge is 0.135 e. The van der Waals surface area contributed by atoms with E-state index in [0.29, 0.717) is 0 Å². The van der Waals surface area contributed by atoms with Crippen molar-refractivity contribution in [2.75, 3.05) is 0 Å². The number of halogens is 1. The van der Waals surface area contributed by atoms with Crippen molar-refractivity contribution in [2.45, 2.75) is 17.9 Å². The molecular formula is C3H9ClSi2. The zero-order chi connectivity index (χ0) is 4.57. The highest BCUT2D eigenvalue weighted by Crippen LogP contribution is 2.21. The summed E-state index contributed by atoms with van der Waals surface area (Å²) in [6.45, 7) is 2.41. The van der Waals surface area contributed by atoms with Gasteiger partial charge in [-0.15, -0.1) is 0 Å². The highest BCUT2D eigenvalue weighted by molar-refractivity contribution is 7.20. The van der Waals surface area contributed by atoms with Gasteiger partial charge in [-0.1, -0.05) is 17.9 Å². The Morgan fingerprint density at radius 3 is 2.00 bits per heavy atom. The minimum absolute atomic E-state index is 0.0972. The zero-order valence-electron chi connectivity index (χ0n) is 3.95. The Hall–Kier alpha value is 0.724. The molecule has 1 rings (SSSR count). The van der Waals surface area contributed by atoms with E-state index in [1.165, 1.54) is 11.3 Å². The largest absolute Gasteiger partial charge is 0.172 e. The second-order valence-corrected chi connectivity index (χ2v) is 11.2. The van der Waals surface area contributed by atoms with Gasteiger partial charge in [0.05, 0.1) is 0 Å². The first-order chi connectivity index (χ1) is 2.79. The van der Waals surface area contributed by atoms with Gasteiger partial charge < -0.3 is 0 Å². The zero-order valence-corrected chi connectivity index (χ0v) is 7.01. The Morgan fingerprint density at radius 1 is 1.50 bits per heavy atom. The lowest BCUT2D eigenvalue weighted by Gasteiger charge is -2.23. The van der Waals surface area contributed by atoms with Crippen LogP contribution >= 0.6 is 11.1 Å². The van der Waals surface area contributed by atoms with E-state index in [-0.39, 0.29) is 8.80 Å². The number of hydrogen-bond donors (Lipinski definition) is 0. The molecule has 0 nitrogen and oxygen atoms in total. The molecule has 0 saturated carbocycles. The summed E-state index contributed by atoms with van der Waals surface area (Å²) in [6.07, 6.45) is 0. The first-order valence-corrected chi connectivity index (χ1v) is 8.59. The second-order valence-electron chi connectivity index (χ2n) is 2.17. The minimum Gasteiger partial charge on any atom is -0.172 e. The van der Waals surface area contributed by atoms with Crippen LogP contribution in [0.3, 0.4) is 0 Å². The van der Waals surface area contributed by atoms with Crippen LogP contribution in [0.1, 0.15) is 0 Å². The molecule has 6 heavy (non-hydrogen) atoms. The molecule has 0 radical (unpaired) electrons. The molecule has 1 saturated heterocycles. The van der Waals surface area contributed by atoms with Crippen molar-refractivity contribution in [2.24, 2.45) is 0 Å². The monoisotopic (exact) mass is 136 g/mol. The van der Waals surface area contributed by atoms with Crippen LogP contribution < -0.4 is 0 Å². The Labute approximate surface area is 46.4 Å². The number of rotatable bonds is 0. The molecule has 0 aromatic carbocycles. The molecular weight excluding hydrogens is 128 g/mol. The van der Waals surface area contributed by atoms with E-state index in [1.807, 2.05) is 0 Å². The third-order valence-corrected chi connectivity index (χ3v) is 15.1. The minimum atomic E-state index is -0.493. The predicted octanol–water partition coefficient (Wildman–Crippen LogP) is 0.898. The Bertz CT molecular complexity index is 44.8. The first-order valence-electron chi connectivity index (χ1n) is 2.43. The van der Waals surface area contributed by atoms with E-state index in [4.69, 9.17) is 11.1 Å².